The highest BCUT2D eigenvalue weighted by atomic mass is 32.1. The molecule has 0 fully saturated rings. The first-order valence-corrected chi connectivity index (χ1v) is 7.79. The summed E-state index contributed by atoms with van der Waals surface area (Å²) in [5.41, 5.74) is 6.33. The van der Waals surface area contributed by atoms with Crippen molar-refractivity contribution >= 4 is 11.3 Å². The molecule has 0 amide bonds. The fourth-order valence-electron chi connectivity index (χ4n) is 2.19. The zero-order valence-corrected chi connectivity index (χ0v) is 13.3. The van der Waals surface area contributed by atoms with Crippen LogP contribution in [0.5, 0.6) is 0 Å². The summed E-state index contributed by atoms with van der Waals surface area (Å²) in [5, 5.41) is 0. The van der Waals surface area contributed by atoms with Crippen LogP contribution in [0.1, 0.15) is 49.4 Å². The average molecular weight is 268 g/mol. The number of nitrogens with two attached hydrogens (primary N) is 1. The first-order chi connectivity index (χ1) is 8.45. The molecule has 0 spiro atoms. The van der Waals surface area contributed by atoms with Gasteiger partial charge in [-0.1, -0.05) is 20.8 Å². The van der Waals surface area contributed by atoms with E-state index in [2.05, 4.69) is 51.8 Å². The third kappa shape index (κ3) is 4.38. The topological polar surface area (TPSA) is 29.3 Å². The predicted molar refractivity (Wildman–Crippen MR) is 82.1 cm³/mol. The highest BCUT2D eigenvalue weighted by molar-refractivity contribution is 7.12. The third-order valence-electron chi connectivity index (χ3n) is 3.46. The zero-order valence-electron chi connectivity index (χ0n) is 12.4. The lowest BCUT2D eigenvalue weighted by Crippen LogP contribution is -2.39. The van der Waals surface area contributed by atoms with Crippen LogP contribution in [0.4, 0.5) is 0 Å². The van der Waals surface area contributed by atoms with Crippen molar-refractivity contribution in [1.82, 2.24) is 4.90 Å². The molecule has 2 N–H and O–H groups in total. The highest BCUT2D eigenvalue weighted by Gasteiger charge is 2.24. The molecule has 2 atom stereocenters. The van der Waals surface area contributed by atoms with Crippen LogP contribution in [0.25, 0.3) is 0 Å². The van der Waals surface area contributed by atoms with E-state index in [0.717, 1.165) is 18.9 Å². The number of aryl methyl sites for hydroxylation is 1. The van der Waals surface area contributed by atoms with Gasteiger partial charge in [0.15, 0.2) is 0 Å². The van der Waals surface area contributed by atoms with E-state index in [0.29, 0.717) is 6.04 Å². The molecule has 18 heavy (non-hydrogen) atoms. The molecule has 1 aromatic rings. The minimum atomic E-state index is 0.222. The third-order valence-corrected chi connectivity index (χ3v) is 4.53. The standard InChI is InChI=1S/C15H28N2S/c1-6-13(16)15(14-8-7-12(4)18-14)17(5)10-9-11(2)3/h7-8,11,13,15H,6,9-10,16H2,1-5H3. The number of hydrogen-bond acceptors (Lipinski definition) is 3. The van der Waals surface area contributed by atoms with Crippen molar-refractivity contribution in [3.05, 3.63) is 21.9 Å². The van der Waals surface area contributed by atoms with Crippen molar-refractivity contribution in [2.24, 2.45) is 11.7 Å². The van der Waals surface area contributed by atoms with Gasteiger partial charge in [-0.25, -0.2) is 0 Å². The van der Waals surface area contributed by atoms with Gasteiger partial charge in [0.25, 0.3) is 0 Å². The van der Waals surface area contributed by atoms with E-state index >= 15 is 0 Å². The molecular weight excluding hydrogens is 240 g/mol. The molecule has 104 valence electrons. The smallest absolute Gasteiger partial charge is 0.0591 e. The Hall–Kier alpha value is -0.380. The summed E-state index contributed by atoms with van der Waals surface area (Å²) in [6, 6.07) is 5.03. The van der Waals surface area contributed by atoms with Crippen molar-refractivity contribution < 1.29 is 0 Å². The van der Waals surface area contributed by atoms with Gasteiger partial charge >= 0.3 is 0 Å². The fourth-order valence-corrected chi connectivity index (χ4v) is 3.31. The van der Waals surface area contributed by atoms with E-state index in [1.165, 1.54) is 16.2 Å². The summed E-state index contributed by atoms with van der Waals surface area (Å²) < 4.78 is 0. The Bertz CT molecular complexity index is 346. The Kier molecular flexibility index (Phi) is 6.33. The molecule has 0 saturated carbocycles. The molecule has 2 nitrogen and oxygen atoms in total. The lowest BCUT2D eigenvalue weighted by molar-refractivity contribution is 0.202. The Morgan fingerprint density at radius 2 is 2.00 bits per heavy atom. The number of likely N-dealkylation sites (N-methyl/N-ethyl adjacent to an activating group) is 1. The van der Waals surface area contributed by atoms with Gasteiger partial charge in [0, 0.05) is 15.8 Å². The average Bonchev–Trinajstić information content (AvgIpc) is 2.73. The molecule has 0 radical (unpaired) electrons. The molecule has 0 saturated heterocycles. The summed E-state index contributed by atoms with van der Waals surface area (Å²) in [7, 11) is 2.21. The second-order valence-electron chi connectivity index (χ2n) is 5.63. The number of nitrogens with zero attached hydrogens (tertiary/aromatic N) is 1. The molecule has 0 aromatic carbocycles. The van der Waals surface area contributed by atoms with Gasteiger partial charge in [-0.3, -0.25) is 4.90 Å². The summed E-state index contributed by atoms with van der Waals surface area (Å²) in [5.74, 6) is 0.746. The van der Waals surface area contributed by atoms with E-state index in [1.54, 1.807) is 0 Å². The summed E-state index contributed by atoms with van der Waals surface area (Å²) in [6.07, 6.45) is 2.25. The SMILES string of the molecule is CCC(N)C(c1ccc(C)s1)N(C)CCC(C)C. The Balaban J connectivity index is 2.78. The number of rotatable bonds is 7. The van der Waals surface area contributed by atoms with Gasteiger partial charge < -0.3 is 5.73 Å². The van der Waals surface area contributed by atoms with E-state index in [-0.39, 0.29) is 6.04 Å². The van der Waals surface area contributed by atoms with Crippen LogP contribution >= 0.6 is 11.3 Å². The van der Waals surface area contributed by atoms with Gasteiger partial charge in [0.1, 0.15) is 0 Å². The van der Waals surface area contributed by atoms with Crippen molar-refractivity contribution in [1.29, 1.82) is 0 Å². The van der Waals surface area contributed by atoms with Gasteiger partial charge in [0.05, 0.1) is 6.04 Å². The van der Waals surface area contributed by atoms with Gasteiger partial charge in [-0.2, -0.15) is 0 Å². The quantitative estimate of drug-likeness (QED) is 0.814. The molecule has 1 rings (SSSR count). The molecule has 1 aromatic heterocycles. The van der Waals surface area contributed by atoms with Crippen LogP contribution in [0, 0.1) is 12.8 Å². The van der Waals surface area contributed by atoms with Gasteiger partial charge in [0.2, 0.25) is 0 Å². The van der Waals surface area contributed by atoms with E-state index in [9.17, 15) is 0 Å². The summed E-state index contributed by atoms with van der Waals surface area (Å²) in [6.45, 7) is 10.0. The van der Waals surface area contributed by atoms with Crippen LogP contribution in [0.2, 0.25) is 0 Å². The first-order valence-electron chi connectivity index (χ1n) is 6.97. The van der Waals surface area contributed by atoms with Crippen molar-refractivity contribution in [2.45, 2.75) is 52.6 Å². The first kappa shape index (κ1) is 15.7. The van der Waals surface area contributed by atoms with Crippen LogP contribution in [0.15, 0.2) is 12.1 Å². The van der Waals surface area contributed by atoms with Gasteiger partial charge in [-0.15, -0.1) is 11.3 Å². The Morgan fingerprint density at radius 1 is 1.33 bits per heavy atom. The number of hydrogen-bond donors (Lipinski definition) is 1. The lowest BCUT2D eigenvalue weighted by Gasteiger charge is -2.32. The van der Waals surface area contributed by atoms with Crippen LogP contribution in [-0.2, 0) is 0 Å². The minimum Gasteiger partial charge on any atom is -0.326 e. The van der Waals surface area contributed by atoms with Crippen LogP contribution in [0.3, 0.4) is 0 Å². The zero-order chi connectivity index (χ0) is 13.7. The maximum Gasteiger partial charge on any atom is 0.0591 e. The fraction of sp³-hybridized carbons (Fsp3) is 0.733. The largest absolute Gasteiger partial charge is 0.326 e. The monoisotopic (exact) mass is 268 g/mol. The molecule has 1 heterocycles. The van der Waals surface area contributed by atoms with Crippen LogP contribution in [-0.4, -0.2) is 24.5 Å². The molecule has 0 bridgehead atoms. The summed E-state index contributed by atoms with van der Waals surface area (Å²) in [4.78, 5) is 5.21. The maximum atomic E-state index is 6.33. The van der Waals surface area contributed by atoms with E-state index < -0.39 is 0 Å². The molecule has 0 aliphatic heterocycles. The van der Waals surface area contributed by atoms with Gasteiger partial charge in [-0.05, 0) is 51.4 Å². The normalized spacial score (nSPS) is 15.3. The molecule has 0 aliphatic rings. The van der Waals surface area contributed by atoms with E-state index in [4.69, 9.17) is 5.73 Å². The second kappa shape index (κ2) is 7.27. The molecular formula is C15H28N2S. The van der Waals surface area contributed by atoms with Crippen LogP contribution < -0.4 is 5.73 Å². The number of thiophene rings is 1. The predicted octanol–water partition coefficient (Wildman–Crippen LogP) is 3.81. The highest BCUT2D eigenvalue weighted by Crippen LogP contribution is 2.30. The lowest BCUT2D eigenvalue weighted by atomic mass is 10.0. The van der Waals surface area contributed by atoms with Crippen molar-refractivity contribution in [3.63, 3.8) is 0 Å². The van der Waals surface area contributed by atoms with Crippen molar-refractivity contribution in [3.8, 4) is 0 Å². The summed E-state index contributed by atoms with van der Waals surface area (Å²) >= 11 is 1.88. The van der Waals surface area contributed by atoms with E-state index in [1.807, 2.05) is 11.3 Å². The second-order valence-corrected chi connectivity index (χ2v) is 6.95. The molecule has 3 heteroatoms. The molecule has 2 unspecified atom stereocenters. The minimum absolute atomic E-state index is 0.222. The Labute approximate surface area is 116 Å². The van der Waals surface area contributed by atoms with Crippen molar-refractivity contribution in [2.75, 3.05) is 13.6 Å². The maximum absolute atomic E-state index is 6.33. The molecule has 0 aliphatic carbocycles. The Morgan fingerprint density at radius 3 is 2.44 bits per heavy atom.